The van der Waals surface area contributed by atoms with E-state index in [2.05, 4.69) is 15.2 Å². The largest absolute Gasteiger partial charge is 0.444 e. The highest BCUT2D eigenvalue weighted by molar-refractivity contribution is 6.01. The first-order valence-corrected chi connectivity index (χ1v) is 8.73. The van der Waals surface area contributed by atoms with Gasteiger partial charge in [-0.05, 0) is 39.7 Å². The van der Waals surface area contributed by atoms with Crippen LogP contribution in [0.5, 0.6) is 0 Å². The summed E-state index contributed by atoms with van der Waals surface area (Å²) < 4.78 is 5.35. The number of amides is 2. The number of likely N-dealkylation sites (N-methyl/N-ethyl adjacent to an activating group) is 1. The minimum absolute atomic E-state index is 0.0299. The van der Waals surface area contributed by atoms with Gasteiger partial charge in [-0.15, -0.1) is 0 Å². The average Bonchev–Trinajstić information content (AvgIpc) is 2.81. The Balaban J connectivity index is 1.71. The Hall–Kier alpha value is -2.31. The van der Waals surface area contributed by atoms with E-state index in [1.807, 2.05) is 26.8 Å². The second kappa shape index (κ2) is 6.54. The van der Waals surface area contributed by atoms with Crippen molar-refractivity contribution in [2.45, 2.75) is 51.7 Å². The van der Waals surface area contributed by atoms with Crippen LogP contribution in [0.2, 0.25) is 0 Å². The maximum atomic E-state index is 12.0. The summed E-state index contributed by atoms with van der Waals surface area (Å²) in [5, 5.41) is 2.96. The van der Waals surface area contributed by atoms with Gasteiger partial charge in [0, 0.05) is 43.6 Å². The molecule has 7 heteroatoms. The van der Waals surface area contributed by atoms with Crippen LogP contribution in [0.15, 0.2) is 12.3 Å². The van der Waals surface area contributed by atoms with E-state index in [4.69, 9.17) is 4.74 Å². The summed E-state index contributed by atoms with van der Waals surface area (Å²) in [6.45, 7) is 7.17. The fourth-order valence-corrected chi connectivity index (χ4v) is 3.40. The molecule has 0 unspecified atom stereocenters. The summed E-state index contributed by atoms with van der Waals surface area (Å²) in [5.74, 6) is 0.806. The summed E-state index contributed by atoms with van der Waals surface area (Å²) in [6, 6.07) is 1.99. The molecule has 2 amide bonds. The number of hydrogen-bond acceptors (Lipinski definition) is 5. The van der Waals surface area contributed by atoms with Crippen molar-refractivity contribution in [1.29, 1.82) is 0 Å². The number of fused-ring (bicyclic) bond motifs is 1. The third-order valence-electron chi connectivity index (χ3n) is 4.51. The minimum Gasteiger partial charge on any atom is -0.444 e. The maximum absolute atomic E-state index is 12.0. The Morgan fingerprint density at radius 3 is 2.88 bits per heavy atom. The van der Waals surface area contributed by atoms with Gasteiger partial charge >= 0.3 is 6.09 Å². The molecule has 1 atom stereocenters. The van der Waals surface area contributed by atoms with Crippen LogP contribution in [0.3, 0.4) is 0 Å². The summed E-state index contributed by atoms with van der Waals surface area (Å²) in [7, 11) is 1.76. The molecule has 0 bridgehead atoms. The number of anilines is 2. The number of piperidine rings is 1. The minimum atomic E-state index is -0.505. The van der Waals surface area contributed by atoms with Gasteiger partial charge in [-0.1, -0.05) is 0 Å². The van der Waals surface area contributed by atoms with Crippen molar-refractivity contribution in [1.82, 2.24) is 10.3 Å². The molecule has 3 heterocycles. The molecule has 0 aromatic carbocycles. The summed E-state index contributed by atoms with van der Waals surface area (Å²) >= 11 is 0. The van der Waals surface area contributed by atoms with Gasteiger partial charge < -0.3 is 15.0 Å². The van der Waals surface area contributed by atoms with E-state index in [1.165, 1.54) is 0 Å². The summed E-state index contributed by atoms with van der Waals surface area (Å²) in [6.07, 6.45) is 3.64. The van der Waals surface area contributed by atoms with Crippen LogP contribution >= 0.6 is 0 Å². The van der Waals surface area contributed by atoms with Crippen LogP contribution in [0.1, 0.15) is 39.2 Å². The molecule has 0 saturated carbocycles. The Labute approximate surface area is 148 Å². The first-order chi connectivity index (χ1) is 11.7. The third kappa shape index (κ3) is 3.86. The molecule has 1 N–H and O–H groups in total. The topological polar surface area (TPSA) is 74.8 Å². The lowest BCUT2D eigenvalue weighted by molar-refractivity contribution is -0.117. The zero-order chi connectivity index (χ0) is 18.2. The van der Waals surface area contributed by atoms with Crippen LogP contribution in [-0.2, 0) is 16.0 Å². The molecule has 0 radical (unpaired) electrons. The fraction of sp³-hybridized carbons (Fsp3) is 0.611. The molecule has 1 saturated heterocycles. The van der Waals surface area contributed by atoms with Gasteiger partial charge in [-0.3, -0.25) is 9.69 Å². The number of hydrogen-bond donors (Lipinski definition) is 1. The van der Waals surface area contributed by atoms with Crippen molar-refractivity contribution in [3.8, 4) is 0 Å². The zero-order valence-electron chi connectivity index (χ0n) is 15.3. The van der Waals surface area contributed by atoms with Crippen LogP contribution in [0.25, 0.3) is 0 Å². The normalized spacial score (nSPS) is 20.5. The fourth-order valence-electron chi connectivity index (χ4n) is 3.40. The Morgan fingerprint density at radius 1 is 1.40 bits per heavy atom. The van der Waals surface area contributed by atoms with E-state index in [-0.39, 0.29) is 18.0 Å². The number of aromatic nitrogens is 1. The molecule has 1 aromatic rings. The zero-order valence-corrected chi connectivity index (χ0v) is 15.3. The molecule has 136 valence electrons. The molecule has 1 fully saturated rings. The van der Waals surface area contributed by atoms with Crippen molar-refractivity contribution >= 4 is 23.5 Å². The summed E-state index contributed by atoms with van der Waals surface area (Å²) in [5.41, 5.74) is 1.52. The van der Waals surface area contributed by atoms with E-state index >= 15 is 0 Å². The highest BCUT2D eigenvalue weighted by Crippen LogP contribution is 2.34. The Kier molecular flexibility index (Phi) is 4.58. The van der Waals surface area contributed by atoms with E-state index in [1.54, 1.807) is 18.1 Å². The van der Waals surface area contributed by atoms with Crippen molar-refractivity contribution in [2.24, 2.45) is 0 Å². The van der Waals surface area contributed by atoms with Gasteiger partial charge in [0.15, 0.2) is 0 Å². The van der Waals surface area contributed by atoms with E-state index in [0.717, 1.165) is 36.5 Å². The SMILES string of the molecule is CN1C(=O)Cc2c(N3CCC[C@@H](NC(=O)OC(C)(C)C)C3)ccnc21. The molecule has 0 spiro atoms. The molecule has 2 aliphatic rings. The number of carbonyl (C=O) groups is 2. The number of nitrogens with zero attached hydrogens (tertiary/aromatic N) is 3. The monoisotopic (exact) mass is 346 g/mol. The lowest BCUT2D eigenvalue weighted by Crippen LogP contribution is -2.49. The summed E-state index contributed by atoms with van der Waals surface area (Å²) in [4.78, 5) is 32.2. The van der Waals surface area contributed by atoms with Crippen LogP contribution in [0, 0.1) is 0 Å². The molecule has 2 aliphatic heterocycles. The third-order valence-corrected chi connectivity index (χ3v) is 4.51. The molecule has 3 rings (SSSR count). The quantitative estimate of drug-likeness (QED) is 0.887. The van der Waals surface area contributed by atoms with E-state index in [9.17, 15) is 9.59 Å². The van der Waals surface area contributed by atoms with E-state index < -0.39 is 5.60 Å². The first-order valence-electron chi connectivity index (χ1n) is 8.73. The number of nitrogens with one attached hydrogen (secondary N) is 1. The molecular weight excluding hydrogens is 320 g/mol. The van der Waals surface area contributed by atoms with Gasteiger partial charge in [0.2, 0.25) is 5.91 Å². The van der Waals surface area contributed by atoms with Crippen molar-refractivity contribution in [3.63, 3.8) is 0 Å². The Morgan fingerprint density at radius 2 is 2.16 bits per heavy atom. The highest BCUT2D eigenvalue weighted by atomic mass is 16.6. The lowest BCUT2D eigenvalue weighted by atomic mass is 10.0. The maximum Gasteiger partial charge on any atom is 0.407 e. The molecule has 0 aliphatic carbocycles. The van der Waals surface area contributed by atoms with Crippen LogP contribution in [0.4, 0.5) is 16.3 Å². The van der Waals surface area contributed by atoms with Gasteiger partial charge in [-0.25, -0.2) is 9.78 Å². The smallest absolute Gasteiger partial charge is 0.407 e. The number of pyridine rings is 1. The number of rotatable bonds is 2. The Bertz CT molecular complexity index is 683. The van der Waals surface area contributed by atoms with Crippen molar-refractivity contribution < 1.29 is 14.3 Å². The molecular formula is C18H26N4O3. The van der Waals surface area contributed by atoms with Crippen molar-refractivity contribution in [2.75, 3.05) is 29.9 Å². The number of ether oxygens (including phenoxy) is 1. The molecule has 25 heavy (non-hydrogen) atoms. The average molecular weight is 346 g/mol. The van der Waals surface area contributed by atoms with Gasteiger partial charge in [-0.2, -0.15) is 0 Å². The predicted molar refractivity (Wildman–Crippen MR) is 96.0 cm³/mol. The second-order valence-electron chi connectivity index (χ2n) is 7.69. The number of alkyl carbamates (subject to hydrolysis) is 1. The van der Waals surface area contributed by atoms with Gasteiger partial charge in [0.1, 0.15) is 11.4 Å². The van der Waals surface area contributed by atoms with Crippen LogP contribution < -0.4 is 15.1 Å². The molecule has 1 aromatic heterocycles. The van der Waals surface area contributed by atoms with Crippen molar-refractivity contribution in [3.05, 3.63) is 17.8 Å². The van der Waals surface area contributed by atoms with Gasteiger partial charge in [0.25, 0.3) is 0 Å². The first kappa shape index (κ1) is 17.5. The predicted octanol–water partition coefficient (Wildman–Crippen LogP) is 2.09. The van der Waals surface area contributed by atoms with E-state index in [0.29, 0.717) is 13.0 Å². The second-order valence-corrected chi connectivity index (χ2v) is 7.69. The molecule has 7 nitrogen and oxygen atoms in total. The number of carbonyl (C=O) groups excluding carboxylic acids is 2. The standard InChI is InChI=1S/C18H26N4O3/c1-18(2,3)25-17(24)20-12-6-5-9-22(11-12)14-7-8-19-16-13(14)10-15(23)21(16)4/h7-8,12H,5-6,9-11H2,1-4H3,(H,20,24)/t12-/m1/s1. The highest BCUT2D eigenvalue weighted by Gasteiger charge is 2.31. The van der Waals surface area contributed by atoms with Crippen LogP contribution in [-0.4, -0.2) is 48.8 Å². The van der Waals surface area contributed by atoms with Gasteiger partial charge in [0.05, 0.1) is 6.42 Å². The lowest BCUT2D eigenvalue weighted by Gasteiger charge is -2.35.